The minimum absolute atomic E-state index is 0. The second-order valence-corrected chi connectivity index (χ2v) is 2.00. The Bertz CT molecular complexity index is 254. The summed E-state index contributed by atoms with van der Waals surface area (Å²) in [5.41, 5.74) is 0.902. The van der Waals surface area contributed by atoms with E-state index >= 15 is 0 Å². The molecule has 1 heterocycles. The summed E-state index contributed by atoms with van der Waals surface area (Å²) >= 11 is 0. The van der Waals surface area contributed by atoms with E-state index in [-0.39, 0.29) is 24.8 Å². The fraction of sp³-hybridized carbons (Fsp3) is 0.375. The van der Waals surface area contributed by atoms with Gasteiger partial charge >= 0.3 is 0 Å². The van der Waals surface area contributed by atoms with Gasteiger partial charge in [-0.05, 0) is 19.1 Å². The fourth-order valence-electron chi connectivity index (χ4n) is 0.737. The second kappa shape index (κ2) is 8.78. The first-order chi connectivity index (χ1) is 6.08. The van der Waals surface area contributed by atoms with Crippen molar-refractivity contribution in [2.45, 2.75) is 6.42 Å². The number of hydrogen-bond acceptors (Lipinski definition) is 2. The third-order valence-corrected chi connectivity index (χ3v) is 1.23. The maximum atomic E-state index is 6.90. The third kappa shape index (κ3) is 5.35. The monoisotopic (exact) mass is 211 g/mol. The average molecular weight is 212 g/mol. The van der Waals surface area contributed by atoms with Gasteiger partial charge in [-0.25, -0.2) is 0 Å². The van der Waals surface area contributed by atoms with E-state index in [1.54, 1.807) is 6.20 Å². The van der Waals surface area contributed by atoms with Crippen LogP contribution in [-0.2, 0) is 6.42 Å². The van der Waals surface area contributed by atoms with Crippen LogP contribution in [0, 0.1) is 0 Å². The molecular formula is C8H14Cl2N2. The topological polar surface area (TPSA) is 24.9 Å². The van der Waals surface area contributed by atoms with Crippen LogP contribution in [0.1, 0.15) is 9.81 Å². The Morgan fingerprint density at radius 1 is 1.50 bits per heavy atom. The molecule has 0 aromatic carbocycles. The van der Waals surface area contributed by atoms with Crippen molar-refractivity contribution < 1.29 is 4.11 Å². The molecule has 0 spiro atoms. The fourth-order valence-corrected chi connectivity index (χ4v) is 0.737. The molecule has 70 valence electrons. The van der Waals surface area contributed by atoms with Gasteiger partial charge in [0.15, 0.2) is 0 Å². The van der Waals surface area contributed by atoms with Gasteiger partial charge in [0.1, 0.15) is 0 Å². The maximum absolute atomic E-state index is 6.90. The van der Waals surface area contributed by atoms with E-state index in [9.17, 15) is 0 Å². The molecule has 0 fully saturated rings. The molecule has 0 atom stereocenters. The van der Waals surface area contributed by atoms with Crippen LogP contribution in [0.3, 0.4) is 0 Å². The van der Waals surface area contributed by atoms with Gasteiger partial charge in [-0.2, -0.15) is 0 Å². The second-order valence-electron chi connectivity index (χ2n) is 2.00. The summed E-state index contributed by atoms with van der Waals surface area (Å²) in [7, 11) is 0. The summed E-state index contributed by atoms with van der Waals surface area (Å²) in [5, 5.41) is 2.43. The van der Waals surface area contributed by atoms with Crippen LogP contribution in [-0.4, -0.2) is 18.5 Å². The lowest BCUT2D eigenvalue weighted by atomic mass is 10.3. The SMILES string of the molecule is Cl.Cl.[2H]C([2H])([2H])NCCc1ccccn1. The minimum Gasteiger partial charge on any atom is -0.319 e. The standard InChI is InChI=1S/C8H12N2.2ClH/c1-9-7-5-8-4-2-3-6-10-8;;/h2-4,6,9H,5,7H2,1H3;2*1H/i1D3;;. The molecule has 12 heavy (non-hydrogen) atoms. The van der Waals surface area contributed by atoms with E-state index in [0.29, 0.717) is 13.0 Å². The highest BCUT2D eigenvalue weighted by Crippen LogP contribution is 1.92. The summed E-state index contributed by atoms with van der Waals surface area (Å²) in [6.45, 7) is -1.62. The predicted molar refractivity (Wildman–Crippen MR) is 56.4 cm³/mol. The molecule has 0 aliphatic rings. The first kappa shape index (κ1) is 8.30. The third-order valence-electron chi connectivity index (χ3n) is 1.23. The van der Waals surface area contributed by atoms with E-state index in [1.165, 1.54) is 0 Å². The highest BCUT2D eigenvalue weighted by molar-refractivity contribution is 5.85. The number of pyridine rings is 1. The molecule has 2 nitrogen and oxygen atoms in total. The number of nitrogens with one attached hydrogen (secondary N) is 1. The van der Waals surface area contributed by atoms with Gasteiger partial charge in [0.2, 0.25) is 0 Å². The van der Waals surface area contributed by atoms with Crippen LogP contribution in [0.15, 0.2) is 24.4 Å². The van der Waals surface area contributed by atoms with Gasteiger partial charge in [-0.1, -0.05) is 6.07 Å². The van der Waals surface area contributed by atoms with E-state index in [1.807, 2.05) is 18.2 Å². The lowest BCUT2D eigenvalue weighted by molar-refractivity contribution is 0.776. The molecular weight excluding hydrogens is 195 g/mol. The number of rotatable bonds is 3. The van der Waals surface area contributed by atoms with Gasteiger partial charge in [-0.15, -0.1) is 24.8 Å². The quantitative estimate of drug-likeness (QED) is 0.824. The van der Waals surface area contributed by atoms with Crippen molar-refractivity contribution in [3.05, 3.63) is 30.1 Å². The summed E-state index contributed by atoms with van der Waals surface area (Å²) in [6.07, 6.45) is 2.34. The first-order valence-electron chi connectivity index (χ1n) is 4.73. The largest absolute Gasteiger partial charge is 0.319 e. The van der Waals surface area contributed by atoms with Crippen LogP contribution in [0.25, 0.3) is 0 Å². The molecule has 1 aromatic rings. The molecule has 0 aliphatic carbocycles. The lowest BCUT2D eigenvalue weighted by Crippen LogP contribution is -2.10. The molecule has 0 bridgehead atoms. The molecule has 0 aliphatic heterocycles. The van der Waals surface area contributed by atoms with E-state index in [0.717, 1.165) is 5.69 Å². The predicted octanol–water partition coefficient (Wildman–Crippen LogP) is 1.69. The van der Waals surface area contributed by atoms with Crippen LogP contribution >= 0.6 is 24.8 Å². The highest BCUT2D eigenvalue weighted by atomic mass is 35.5. The summed E-state index contributed by atoms with van der Waals surface area (Å²) < 4.78 is 20.7. The van der Waals surface area contributed by atoms with Gasteiger partial charge in [0.05, 0.1) is 0 Å². The zero-order valence-corrected chi connectivity index (χ0v) is 8.12. The van der Waals surface area contributed by atoms with E-state index in [2.05, 4.69) is 10.3 Å². The van der Waals surface area contributed by atoms with E-state index < -0.39 is 6.98 Å². The molecule has 0 saturated carbocycles. The Hall–Kier alpha value is -0.310. The molecule has 1 rings (SSSR count). The Morgan fingerprint density at radius 2 is 2.33 bits per heavy atom. The number of halogens is 2. The van der Waals surface area contributed by atoms with Gasteiger partial charge < -0.3 is 5.32 Å². The van der Waals surface area contributed by atoms with Crippen molar-refractivity contribution >= 4 is 24.8 Å². The van der Waals surface area contributed by atoms with Crippen molar-refractivity contribution in [1.29, 1.82) is 0 Å². The molecule has 0 unspecified atom stereocenters. The Morgan fingerprint density at radius 3 is 2.92 bits per heavy atom. The summed E-state index contributed by atoms with van der Waals surface area (Å²) in [5.74, 6) is 0. The Kier molecular flexibility index (Phi) is 6.07. The zero-order valence-electron chi connectivity index (χ0n) is 9.49. The van der Waals surface area contributed by atoms with E-state index in [4.69, 9.17) is 4.11 Å². The molecule has 0 amide bonds. The lowest BCUT2D eigenvalue weighted by Gasteiger charge is -1.96. The molecule has 1 N–H and O–H groups in total. The molecule has 0 radical (unpaired) electrons. The minimum atomic E-state index is -2.05. The average Bonchev–Trinajstić information content (AvgIpc) is 2.04. The number of nitrogens with zero attached hydrogens (tertiary/aromatic N) is 1. The van der Waals surface area contributed by atoms with Crippen LogP contribution in [0.4, 0.5) is 0 Å². The molecule has 1 aromatic heterocycles. The smallest absolute Gasteiger partial charge is 0.0416 e. The van der Waals surface area contributed by atoms with Crippen LogP contribution in [0.5, 0.6) is 0 Å². The van der Waals surface area contributed by atoms with Crippen molar-refractivity contribution in [1.82, 2.24) is 10.3 Å². The maximum Gasteiger partial charge on any atom is 0.0416 e. The van der Waals surface area contributed by atoms with Gasteiger partial charge in [-0.3, -0.25) is 4.98 Å². The Balaban J connectivity index is 0. The van der Waals surface area contributed by atoms with Gasteiger partial charge in [0, 0.05) is 29.0 Å². The number of hydrogen-bond donors (Lipinski definition) is 1. The molecule has 4 heteroatoms. The van der Waals surface area contributed by atoms with Crippen molar-refractivity contribution in [2.24, 2.45) is 0 Å². The van der Waals surface area contributed by atoms with Crippen LogP contribution in [0.2, 0.25) is 0 Å². The van der Waals surface area contributed by atoms with Gasteiger partial charge in [0.25, 0.3) is 0 Å². The normalized spacial score (nSPS) is 12.8. The summed E-state index contributed by atoms with van der Waals surface area (Å²) in [6, 6.07) is 5.60. The number of likely N-dealkylation sites (N-methyl/N-ethyl adjacent to an activating group) is 1. The first-order valence-corrected chi connectivity index (χ1v) is 3.23. The highest BCUT2D eigenvalue weighted by Gasteiger charge is 1.88. The number of aromatic nitrogens is 1. The van der Waals surface area contributed by atoms with Crippen molar-refractivity contribution in [3.63, 3.8) is 0 Å². The molecule has 0 saturated heterocycles. The Labute approximate surface area is 89.8 Å². The van der Waals surface area contributed by atoms with Crippen molar-refractivity contribution in [3.8, 4) is 0 Å². The van der Waals surface area contributed by atoms with Crippen LogP contribution < -0.4 is 5.32 Å². The van der Waals surface area contributed by atoms with Crippen molar-refractivity contribution in [2.75, 3.05) is 13.5 Å². The summed E-state index contributed by atoms with van der Waals surface area (Å²) in [4.78, 5) is 4.07. The zero-order chi connectivity index (χ0) is 9.73.